The van der Waals surface area contributed by atoms with Gasteiger partial charge in [0.1, 0.15) is 5.75 Å². The lowest BCUT2D eigenvalue weighted by molar-refractivity contribution is -0.137. The number of carbonyl (C=O) groups excluding carboxylic acids is 1. The first-order valence-corrected chi connectivity index (χ1v) is 8.84. The van der Waals surface area contributed by atoms with Crippen molar-refractivity contribution in [2.24, 2.45) is 0 Å². The number of amides is 1. The lowest BCUT2D eigenvalue weighted by atomic mass is 9.96. The van der Waals surface area contributed by atoms with E-state index < -0.39 is 17.5 Å². The van der Waals surface area contributed by atoms with Crippen LogP contribution in [-0.2, 0) is 12.7 Å². The Morgan fingerprint density at radius 2 is 1.81 bits per heavy atom. The first kappa shape index (κ1) is 17.9. The van der Waals surface area contributed by atoms with Crippen molar-refractivity contribution >= 4 is 5.91 Å². The number of alkyl halides is 3. The molecule has 7 heteroatoms. The Kier molecular flexibility index (Phi) is 4.34. The lowest BCUT2D eigenvalue weighted by Crippen LogP contribution is -2.60. The molecule has 2 heterocycles. The molecule has 1 amide bonds. The molecule has 1 saturated heterocycles. The van der Waals surface area contributed by atoms with Crippen LogP contribution in [0.4, 0.5) is 13.2 Å². The third kappa shape index (κ3) is 3.64. The van der Waals surface area contributed by atoms with Gasteiger partial charge < -0.3 is 10.1 Å². The molecule has 1 spiro atoms. The predicted octanol–water partition coefficient (Wildman–Crippen LogP) is 3.82. The number of para-hydroxylation sites is 1. The van der Waals surface area contributed by atoms with E-state index in [0.717, 1.165) is 6.07 Å². The van der Waals surface area contributed by atoms with Crippen molar-refractivity contribution in [1.82, 2.24) is 10.2 Å². The largest absolute Gasteiger partial charge is 0.467 e. The molecule has 1 fully saturated rings. The number of ether oxygens (including phenoxy) is 1. The van der Waals surface area contributed by atoms with E-state index in [4.69, 9.17) is 4.74 Å². The normalized spacial score (nSPS) is 19.3. The van der Waals surface area contributed by atoms with Gasteiger partial charge in [0.05, 0.1) is 11.1 Å². The maximum atomic E-state index is 12.9. The van der Waals surface area contributed by atoms with Crippen molar-refractivity contribution in [2.45, 2.75) is 31.3 Å². The third-order valence-corrected chi connectivity index (χ3v) is 5.10. The van der Waals surface area contributed by atoms with Crippen molar-refractivity contribution in [3.63, 3.8) is 0 Å². The molecular weight excluding hydrogens is 357 g/mol. The Labute approximate surface area is 154 Å². The summed E-state index contributed by atoms with van der Waals surface area (Å²) >= 11 is 0. The minimum absolute atomic E-state index is 0.150. The van der Waals surface area contributed by atoms with Crippen LogP contribution >= 0.6 is 0 Å². The highest BCUT2D eigenvalue weighted by Crippen LogP contribution is 2.34. The second-order valence-electron chi connectivity index (χ2n) is 7.02. The molecule has 0 bridgehead atoms. The summed E-state index contributed by atoms with van der Waals surface area (Å²) < 4.78 is 44.7. The van der Waals surface area contributed by atoms with E-state index in [2.05, 4.69) is 10.2 Å². The molecule has 0 aliphatic carbocycles. The number of piperidine rings is 1. The van der Waals surface area contributed by atoms with Gasteiger partial charge in [-0.1, -0.05) is 30.3 Å². The van der Waals surface area contributed by atoms with Crippen LogP contribution in [0.25, 0.3) is 0 Å². The van der Waals surface area contributed by atoms with Gasteiger partial charge in [0.2, 0.25) is 0 Å². The van der Waals surface area contributed by atoms with Crippen molar-refractivity contribution in [3.8, 4) is 5.75 Å². The van der Waals surface area contributed by atoms with Crippen LogP contribution in [0.5, 0.6) is 5.75 Å². The number of fused-ring (bicyclic) bond motifs is 1. The third-order valence-electron chi connectivity index (χ3n) is 5.10. The Bertz CT molecular complexity index is 858. The van der Waals surface area contributed by atoms with Crippen LogP contribution in [0, 0.1) is 0 Å². The second kappa shape index (κ2) is 6.56. The molecule has 0 atom stereocenters. The van der Waals surface area contributed by atoms with Gasteiger partial charge in [0.25, 0.3) is 5.91 Å². The minimum atomic E-state index is -4.34. The van der Waals surface area contributed by atoms with Gasteiger partial charge in [-0.2, -0.15) is 13.2 Å². The Hall–Kier alpha value is -2.54. The summed E-state index contributed by atoms with van der Waals surface area (Å²) in [5, 5.41) is 2.96. The fourth-order valence-electron chi connectivity index (χ4n) is 3.66. The topological polar surface area (TPSA) is 41.6 Å². The highest BCUT2D eigenvalue weighted by molar-refractivity contribution is 5.98. The van der Waals surface area contributed by atoms with Crippen LogP contribution in [-0.4, -0.2) is 29.6 Å². The predicted molar refractivity (Wildman–Crippen MR) is 93.2 cm³/mol. The first-order valence-electron chi connectivity index (χ1n) is 8.84. The quantitative estimate of drug-likeness (QED) is 0.867. The van der Waals surface area contributed by atoms with E-state index in [9.17, 15) is 18.0 Å². The standard InChI is InChI=1S/C20H19F3N2O2/c21-20(22,23)15-5-3-4-14(12-15)13-25-10-8-19(9-11-25)24-18(26)16-6-1-2-7-17(16)27-19/h1-7,12H,8-11,13H2,(H,24,26). The molecule has 2 aromatic carbocycles. The van der Waals surface area contributed by atoms with Crippen molar-refractivity contribution < 1.29 is 22.7 Å². The summed E-state index contributed by atoms with van der Waals surface area (Å²) in [5.74, 6) is 0.427. The molecule has 0 radical (unpaired) electrons. The van der Waals surface area contributed by atoms with E-state index in [-0.39, 0.29) is 5.91 Å². The van der Waals surface area contributed by atoms with Gasteiger partial charge in [-0.05, 0) is 23.8 Å². The number of nitrogens with zero attached hydrogens (tertiary/aromatic N) is 1. The highest BCUT2D eigenvalue weighted by atomic mass is 19.4. The van der Waals surface area contributed by atoms with Gasteiger partial charge in [0.15, 0.2) is 5.72 Å². The summed E-state index contributed by atoms with van der Waals surface area (Å²) in [5.41, 5.74) is -0.224. The van der Waals surface area contributed by atoms with Crippen molar-refractivity contribution in [2.75, 3.05) is 13.1 Å². The summed E-state index contributed by atoms with van der Waals surface area (Å²) in [4.78, 5) is 14.4. The van der Waals surface area contributed by atoms with E-state index in [1.165, 1.54) is 12.1 Å². The van der Waals surface area contributed by atoms with Crippen LogP contribution in [0.15, 0.2) is 48.5 Å². The average Bonchev–Trinajstić information content (AvgIpc) is 2.63. The summed E-state index contributed by atoms with van der Waals surface area (Å²) in [7, 11) is 0. The smallest absolute Gasteiger partial charge is 0.416 e. The molecule has 2 aliphatic rings. The molecule has 1 N–H and O–H groups in total. The summed E-state index contributed by atoms with van der Waals surface area (Å²) in [6, 6.07) is 12.5. The number of likely N-dealkylation sites (tertiary alicyclic amines) is 1. The fraction of sp³-hybridized carbons (Fsp3) is 0.350. The zero-order valence-electron chi connectivity index (χ0n) is 14.6. The summed E-state index contributed by atoms with van der Waals surface area (Å²) in [6.45, 7) is 1.68. The lowest BCUT2D eigenvalue weighted by Gasteiger charge is -2.44. The SMILES string of the molecule is O=C1NC2(CCN(Cc3cccc(C(F)(F)F)c3)CC2)Oc2ccccc21. The zero-order valence-corrected chi connectivity index (χ0v) is 14.6. The monoisotopic (exact) mass is 376 g/mol. The molecular formula is C20H19F3N2O2. The molecule has 0 saturated carbocycles. The van der Waals surface area contributed by atoms with Gasteiger partial charge in [-0.25, -0.2) is 0 Å². The molecule has 2 aromatic rings. The number of carbonyl (C=O) groups is 1. The van der Waals surface area contributed by atoms with E-state index in [1.807, 2.05) is 6.07 Å². The van der Waals surface area contributed by atoms with Gasteiger partial charge in [-0.15, -0.1) is 0 Å². The maximum Gasteiger partial charge on any atom is 0.416 e. The van der Waals surface area contributed by atoms with Gasteiger partial charge in [0, 0.05) is 32.5 Å². The second-order valence-corrected chi connectivity index (χ2v) is 7.02. The van der Waals surface area contributed by atoms with Gasteiger partial charge >= 0.3 is 6.18 Å². The van der Waals surface area contributed by atoms with Crippen LogP contribution in [0.3, 0.4) is 0 Å². The zero-order chi connectivity index (χ0) is 19.1. The number of rotatable bonds is 2. The van der Waals surface area contributed by atoms with E-state index >= 15 is 0 Å². The van der Waals surface area contributed by atoms with Crippen molar-refractivity contribution in [1.29, 1.82) is 0 Å². The Morgan fingerprint density at radius 1 is 1.07 bits per heavy atom. The summed E-state index contributed by atoms with van der Waals surface area (Å²) in [6.07, 6.45) is -3.19. The van der Waals surface area contributed by atoms with Crippen LogP contribution in [0.2, 0.25) is 0 Å². The van der Waals surface area contributed by atoms with E-state index in [0.29, 0.717) is 49.4 Å². The first-order chi connectivity index (χ1) is 12.8. The molecule has 2 aliphatic heterocycles. The molecule has 0 aromatic heterocycles. The average molecular weight is 376 g/mol. The fourth-order valence-corrected chi connectivity index (χ4v) is 3.66. The van der Waals surface area contributed by atoms with E-state index in [1.54, 1.807) is 24.3 Å². The number of halogens is 3. The number of nitrogens with one attached hydrogen (secondary N) is 1. The van der Waals surface area contributed by atoms with Gasteiger partial charge in [-0.3, -0.25) is 9.69 Å². The number of hydrogen-bond acceptors (Lipinski definition) is 3. The molecule has 4 nitrogen and oxygen atoms in total. The minimum Gasteiger partial charge on any atom is -0.467 e. The molecule has 0 unspecified atom stereocenters. The van der Waals surface area contributed by atoms with Crippen molar-refractivity contribution in [3.05, 3.63) is 65.2 Å². The van der Waals surface area contributed by atoms with Crippen LogP contribution in [0.1, 0.15) is 34.3 Å². The number of hydrogen-bond donors (Lipinski definition) is 1. The maximum absolute atomic E-state index is 12.9. The van der Waals surface area contributed by atoms with Crippen LogP contribution < -0.4 is 10.1 Å². The molecule has 27 heavy (non-hydrogen) atoms. The molecule has 142 valence electrons. The molecule has 4 rings (SSSR count). The number of benzene rings is 2. The Balaban J connectivity index is 1.42. The Morgan fingerprint density at radius 3 is 2.56 bits per heavy atom. The highest BCUT2D eigenvalue weighted by Gasteiger charge is 2.42.